The van der Waals surface area contributed by atoms with Crippen molar-refractivity contribution in [3.63, 3.8) is 0 Å². The van der Waals surface area contributed by atoms with Crippen LogP contribution in [0.1, 0.15) is 0 Å². The van der Waals surface area contributed by atoms with Crippen molar-refractivity contribution in [2.24, 2.45) is 0 Å². The third kappa shape index (κ3) is 5.22. The summed E-state index contributed by atoms with van der Waals surface area (Å²) in [5.41, 5.74) is 0. The molecule has 0 saturated heterocycles. The molecule has 0 aromatic carbocycles. The van der Waals surface area contributed by atoms with Gasteiger partial charge in [0.1, 0.15) is 0 Å². The second-order valence-electron chi connectivity index (χ2n) is 1.25. The van der Waals surface area contributed by atoms with E-state index in [2.05, 4.69) is 14.8 Å². The number of hydrogen-bond acceptors (Lipinski definition) is 5. The second-order valence-corrected chi connectivity index (χ2v) is 1.25. The van der Waals surface area contributed by atoms with Crippen LogP contribution < -0.4 is 0 Å². The van der Waals surface area contributed by atoms with Crippen molar-refractivity contribution in [1.29, 1.82) is 0 Å². The minimum Gasteiger partial charge on any atom is -0.257 e. The molecule has 0 radical (unpaired) electrons. The molecule has 0 aromatic rings. The lowest BCUT2D eigenvalue weighted by atomic mass is 10.8. The molecule has 0 rings (SSSR count). The summed E-state index contributed by atoms with van der Waals surface area (Å²) in [6.07, 6.45) is 0. The van der Waals surface area contributed by atoms with Gasteiger partial charge in [-0.1, -0.05) is 0 Å². The maximum Gasteiger partial charge on any atom is 0.377 e. The molecular formula is C4H4F2O5. The molecule has 0 amide bonds. The fourth-order valence-electron chi connectivity index (χ4n) is 0.137. The molecule has 0 atom stereocenters. The lowest BCUT2D eigenvalue weighted by Crippen LogP contribution is -2.12. The van der Waals surface area contributed by atoms with Gasteiger partial charge < -0.3 is 0 Å². The van der Waals surface area contributed by atoms with Gasteiger partial charge in [0.2, 0.25) is 0 Å². The molecule has 0 aliphatic carbocycles. The minimum atomic E-state index is -1.42. The fourth-order valence-corrected chi connectivity index (χ4v) is 0.137. The van der Waals surface area contributed by atoms with Crippen molar-refractivity contribution in [2.45, 2.75) is 0 Å². The van der Waals surface area contributed by atoms with E-state index in [-0.39, 0.29) is 0 Å². The molecule has 0 aromatic heterocycles. The van der Waals surface area contributed by atoms with E-state index in [9.17, 15) is 18.4 Å². The van der Waals surface area contributed by atoms with Crippen LogP contribution in [0.5, 0.6) is 0 Å². The Morgan fingerprint density at radius 2 is 1.36 bits per heavy atom. The van der Waals surface area contributed by atoms with Gasteiger partial charge in [0, 0.05) is 5.04 Å². The highest BCUT2D eigenvalue weighted by Gasteiger charge is 2.06. The lowest BCUT2D eigenvalue weighted by Gasteiger charge is -1.96. The first-order chi connectivity index (χ1) is 5.20. The Hall–Kier alpha value is -1.24. The third-order valence-electron chi connectivity index (χ3n) is 0.472. The topological polar surface area (TPSA) is 61.8 Å². The summed E-state index contributed by atoms with van der Waals surface area (Å²) in [7, 11) is 0. The van der Waals surface area contributed by atoms with Crippen molar-refractivity contribution >= 4 is 11.9 Å². The number of alkyl halides is 2. The van der Waals surface area contributed by atoms with Gasteiger partial charge in [-0.2, -0.15) is 0 Å². The summed E-state index contributed by atoms with van der Waals surface area (Å²) in [5, 5.41) is 3.36. The van der Waals surface area contributed by atoms with Gasteiger partial charge >= 0.3 is 11.9 Å². The number of rotatable bonds is 4. The monoisotopic (exact) mass is 170 g/mol. The normalized spacial score (nSPS) is 8.91. The Morgan fingerprint density at radius 3 is 1.64 bits per heavy atom. The van der Waals surface area contributed by atoms with Gasteiger partial charge in [0.05, 0.1) is 0 Å². The predicted molar refractivity (Wildman–Crippen MR) is 25.2 cm³/mol. The molecule has 0 aliphatic heterocycles. The average molecular weight is 170 g/mol. The first-order valence-electron chi connectivity index (χ1n) is 2.39. The highest BCUT2D eigenvalue weighted by Crippen LogP contribution is 1.86. The average Bonchev–Trinajstić information content (AvgIpc) is 2.04. The zero-order valence-corrected chi connectivity index (χ0v) is 5.21. The van der Waals surface area contributed by atoms with Crippen LogP contribution >= 0.6 is 0 Å². The van der Waals surface area contributed by atoms with Crippen LogP contribution in [0.25, 0.3) is 0 Å². The Bertz CT molecular complexity index is 131. The van der Waals surface area contributed by atoms with Crippen LogP contribution in [-0.4, -0.2) is 25.3 Å². The van der Waals surface area contributed by atoms with Gasteiger partial charge in [0.25, 0.3) is 0 Å². The summed E-state index contributed by atoms with van der Waals surface area (Å²) in [4.78, 5) is 26.6. The molecule has 0 spiro atoms. The van der Waals surface area contributed by atoms with Crippen LogP contribution in [0.3, 0.4) is 0 Å². The van der Waals surface area contributed by atoms with E-state index < -0.39 is 25.3 Å². The molecule has 0 unspecified atom stereocenters. The van der Waals surface area contributed by atoms with Crippen LogP contribution in [0.4, 0.5) is 8.78 Å². The highest BCUT2D eigenvalue weighted by atomic mass is 19.1. The zero-order chi connectivity index (χ0) is 8.69. The maximum atomic E-state index is 11.2. The Morgan fingerprint density at radius 1 is 1.00 bits per heavy atom. The maximum absolute atomic E-state index is 11.2. The highest BCUT2D eigenvalue weighted by molar-refractivity contribution is 5.70. The summed E-state index contributed by atoms with van der Waals surface area (Å²) in [5.74, 6) is -2.76. The molecule has 5 nitrogen and oxygen atoms in total. The Balaban J connectivity index is 3.27. The van der Waals surface area contributed by atoms with E-state index in [1.165, 1.54) is 0 Å². The summed E-state index contributed by atoms with van der Waals surface area (Å²) in [6, 6.07) is 0. The van der Waals surface area contributed by atoms with Crippen LogP contribution in [0.2, 0.25) is 0 Å². The first-order valence-corrected chi connectivity index (χ1v) is 2.39. The third-order valence-corrected chi connectivity index (χ3v) is 0.472. The molecule has 0 N–H and O–H groups in total. The molecule has 0 heterocycles. The molecule has 0 fully saturated rings. The summed E-state index contributed by atoms with van der Waals surface area (Å²) < 4.78 is 22.4. The van der Waals surface area contributed by atoms with E-state index in [0.29, 0.717) is 0 Å². The van der Waals surface area contributed by atoms with Gasteiger partial charge in [-0.05, 0) is 0 Å². The molecule has 11 heavy (non-hydrogen) atoms. The van der Waals surface area contributed by atoms with Crippen LogP contribution in [0.15, 0.2) is 0 Å². The second kappa shape index (κ2) is 5.54. The molecular weight excluding hydrogens is 166 g/mol. The first kappa shape index (κ1) is 9.76. The van der Waals surface area contributed by atoms with Gasteiger partial charge in [0.15, 0.2) is 13.3 Å². The SMILES string of the molecule is O=C(CF)OOOC(=O)CF. The number of carbonyl (C=O) groups is 2. The van der Waals surface area contributed by atoms with E-state index >= 15 is 0 Å². The van der Waals surface area contributed by atoms with Crippen LogP contribution in [0, 0.1) is 0 Å². The quantitative estimate of drug-likeness (QED) is 0.434. The van der Waals surface area contributed by atoms with Crippen molar-refractivity contribution in [2.75, 3.05) is 13.3 Å². The molecule has 0 saturated carbocycles. The van der Waals surface area contributed by atoms with Gasteiger partial charge in [-0.15, -0.1) is 0 Å². The largest absolute Gasteiger partial charge is 0.377 e. The number of hydrogen-bond donors (Lipinski definition) is 0. The van der Waals surface area contributed by atoms with Gasteiger partial charge in [-0.3, -0.25) is 9.78 Å². The molecule has 64 valence electrons. The molecule has 0 bridgehead atoms. The number of halogens is 2. The van der Waals surface area contributed by atoms with E-state index in [1.807, 2.05) is 0 Å². The van der Waals surface area contributed by atoms with Crippen molar-refractivity contribution in [1.82, 2.24) is 0 Å². The molecule has 0 aliphatic rings. The predicted octanol–water partition coefficient (Wildman–Crippen LogP) is -0.142. The van der Waals surface area contributed by atoms with Crippen LogP contribution in [-0.2, 0) is 24.4 Å². The van der Waals surface area contributed by atoms with Crippen molar-refractivity contribution in [3.8, 4) is 0 Å². The Kier molecular flexibility index (Phi) is 4.91. The standard InChI is InChI=1S/C4H4F2O5/c5-1-3(7)9-11-10-4(8)2-6/h1-2H2. The summed E-state index contributed by atoms with van der Waals surface area (Å²) in [6.45, 7) is -2.85. The van der Waals surface area contributed by atoms with E-state index in [0.717, 1.165) is 0 Å². The van der Waals surface area contributed by atoms with E-state index in [1.54, 1.807) is 0 Å². The fraction of sp³-hybridized carbons (Fsp3) is 0.500. The smallest absolute Gasteiger partial charge is 0.257 e. The van der Waals surface area contributed by atoms with Gasteiger partial charge in [-0.25, -0.2) is 18.4 Å². The summed E-state index contributed by atoms with van der Waals surface area (Å²) >= 11 is 0. The van der Waals surface area contributed by atoms with Crippen molar-refractivity contribution in [3.05, 3.63) is 0 Å². The number of carbonyl (C=O) groups excluding carboxylic acids is 2. The lowest BCUT2D eigenvalue weighted by molar-refractivity contribution is -0.459. The molecule has 7 heteroatoms. The van der Waals surface area contributed by atoms with Crippen molar-refractivity contribution < 1.29 is 33.2 Å². The minimum absolute atomic E-state index is 1.38. The van der Waals surface area contributed by atoms with E-state index in [4.69, 9.17) is 0 Å². The zero-order valence-electron chi connectivity index (χ0n) is 5.21. The Labute approximate surface area is 59.7 Å².